The van der Waals surface area contributed by atoms with Crippen molar-refractivity contribution < 1.29 is 9.59 Å². The first kappa shape index (κ1) is 12.4. The van der Waals surface area contributed by atoms with E-state index in [2.05, 4.69) is 10.6 Å². The summed E-state index contributed by atoms with van der Waals surface area (Å²) in [5, 5.41) is 5.97. The lowest BCUT2D eigenvalue weighted by atomic mass is 9.75. The molecule has 0 heterocycles. The van der Waals surface area contributed by atoms with Gasteiger partial charge in [-0.05, 0) is 31.1 Å². The first-order valence-electron chi connectivity index (χ1n) is 6.52. The molecule has 96 valence electrons. The summed E-state index contributed by atoms with van der Waals surface area (Å²) >= 11 is 0. The molecule has 3 atom stereocenters. The smallest absolute Gasteiger partial charge is 0.217 e. The molecule has 0 radical (unpaired) electrons. The van der Waals surface area contributed by atoms with E-state index in [9.17, 15) is 9.59 Å². The number of amides is 2. The summed E-state index contributed by atoms with van der Waals surface area (Å²) < 4.78 is 0. The maximum absolute atomic E-state index is 11.4. The first-order valence-corrected chi connectivity index (χ1v) is 6.52. The zero-order valence-corrected chi connectivity index (χ0v) is 10.7. The van der Waals surface area contributed by atoms with Crippen LogP contribution in [0.4, 0.5) is 0 Å². The van der Waals surface area contributed by atoms with E-state index in [0.29, 0.717) is 6.54 Å². The molecular weight excluding hydrogens is 216 g/mol. The molecule has 4 heteroatoms. The van der Waals surface area contributed by atoms with E-state index in [1.54, 1.807) is 6.92 Å². The van der Waals surface area contributed by atoms with Gasteiger partial charge in [-0.2, -0.15) is 0 Å². The third kappa shape index (κ3) is 2.99. The van der Waals surface area contributed by atoms with Crippen LogP contribution in [0.3, 0.4) is 0 Å². The highest BCUT2D eigenvalue weighted by Crippen LogP contribution is 2.46. The molecule has 2 amide bonds. The van der Waals surface area contributed by atoms with Gasteiger partial charge in [-0.15, -0.1) is 0 Å². The van der Waals surface area contributed by atoms with Crippen LogP contribution in [0.25, 0.3) is 0 Å². The molecule has 4 nitrogen and oxygen atoms in total. The summed E-state index contributed by atoms with van der Waals surface area (Å²) in [6.45, 7) is 3.67. The van der Waals surface area contributed by atoms with Gasteiger partial charge in [0.05, 0.1) is 5.54 Å². The summed E-state index contributed by atoms with van der Waals surface area (Å²) in [7, 11) is 0. The first-order chi connectivity index (χ1) is 7.99. The largest absolute Gasteiger partial charge is 0.354 e. The quantitative estimate of drug-likeness (QED) is 0.776. The standard InChI is InChI=1S/C13H22N2O2/c1-9(16)14-8-13(15-10(2)17)6-11-3-4-12(5-11)7-13/h11-12H,3-8H2,1-2H3,(H,14,16)(H,15,17)/t11-,12+,13?. The van der Waals surface area contributed by atoms with E-state index in [-0.39, 0.29) is 17.4 Å². The molecule has 2 saturated carbocycles. The number of hydrogen-bond donors (Lipinski definition) is 2. The third-order valence-corrected chi connectivity index (χ3v) is 4.13. The topological polar surface area (TPSA) is 58.2 Å². The van der Waals surface area contributed by atoms with Gasteiger partial charge in [0, 0.05) is 20.4 Å². The normalized spacial score (nSPS) is 35.4. The molecule has 2 N–H and O–H groups in total. The lowest BCUT2D eigenvalue weighted by Crippen LogP contribution is -2.57. The van der Waals surface area contributed by atoms with Crippen molar-refractivity contribution in [2.75, 3.05) is 6.54 Å². The maximum Gasteiger partial charge on any atom is 0.217 e. The van der Waals surface area contributed by atoms with Gasteiger partial charge in [-0.1, -0.05) is 12.8 Å². The molecule has 1 unspecified atom stereocenters. The van der Waals surface area contributed by atoms with Crippen molar-refractivity contribution in [2.24, 2.45) is 11.8 Å². The van der Waals surface area contributed by atoms with Gasteiger partial charge >= 0.3 is 0 Å². The fourth-order valence-electron chi connectivity index (χ4n) is 3.70. The SMILES string of the molecule is CC(=O)NCC1(NC(C)=O)C[C@@H]2CC[C@@H](C2)C1. The number of nitrogens with one attached hydrogen (secondary N) is 2. The number of carbonyl (C=O) groups is 2. The Balaban J connectivity index is 2.06. The number of carbonyl (C=O) groups excluding carboxylic acids is 2. The second-order valence-corrected chi connectivity index (χ2v) is 5.82. The minimum absolute atomic E-state index is 0.0108. The zero-order valence-electron chi connectivity index (χ0n) is 10.7. The lowest BCUT2D eigenvalue weighted by molar-refractivity contribution is -0.123. The molecular formula is C13H22N2O2. The Labute approximate surface area is 103 Å². The van der Waals surface area contributed by atoms with Crippen molar-refractivity contribution in [3.8, 4) is 0 Å². The Morgan fingerprint density at radius 1 is 1.12 bits per heavy atom. The Hall–Kier alpha value is -1.06. The molecule has 2 rings (SSSR count). The Kier molecular flexibility index (Phi) is 3.40. The summed E-state index contributed by atoms with van der Waals surface area (Å²) in [6, 6.07) is 0. The molecule has 0 aromatic heterocycles. The van der Waals surface area contributed by atoms with Crippen LogP contribution in [0, 0.1) is 11.8 Å². The van der Waals surface area contributed by atoms with E-state index >= 15 is 0 Å². The van der Waals surface area contributed by atoms with Gasteiger partial charge < -0.3 is 10.6 Å². The van der Waals surface area contributed by atoms with Crippen molar-refractivity contribution >= 4 is 11.8 Å². The van der Waals surface area contributed by atoms with Gasteiger partial charge in [0.2, 0.25) is 11.8 Å². The van der Waals surface area contributed by atoms with Crippen LogP contribution in [0.2, 0.25) is 0 Å². The van der Waals surface area contributed by atoms with Crippen LogP contribution in [0.1, 0.15) is 46.0 Å². The van der Waals surface area contributed by atoms with Crippen LogP contribution in [-0.2, 0) is 9.59 Å². The Morgan fingerprint density at radius 3 is 2.18 bits per heavy atom. The molecule has 0 aliphatic heterocycles. The molecule has 2 bridgehead atoms. The Morgan fingerprint density at radius 2 is 1.71 bits per heavy atom. The van der Waals surface area contributed by atoms with Crippen LogP contribution in [-0.4, -0.2) is 23.9 Å². The maximum atomic E-state index is 11.4. The minimum atomic E-state index is -0.193. The van der Waals surface area contributed by atoms with Crippen molar-refractivity contribution in [1.82, 2.24) is 10.6 Å². The van der Waals surface area contributed by atoms with E-state index in [1.807, 2.05) is 0 Å². The highest BCUT2D eigenvalue weighted by Gasteiger charge is 2.44. The fraction of sp³-hybridized carbons (Fsp3) is 0.846. The minimum Gasteiger partial charge on any atom is -0.354 e. The van der Waals surface area contributed by atoms with Crippen molar-refractivity contribution in [1.29, 1.82) is 0 Å². The Bertz CT molecular complexity index is 315. The van der Waals surface area contributed by atoms with Crippen molar-refractivity contribution in [3.63, 3.8) is 0 Å². The molecule has 2 fully saturated rings. The summed E-state index contributed by atoms with van der Waals surface area (Å²) in [5.41, 5.74) is -0.193. The average molecular weight is 238 g/mol. The van der Waals surface area contributed by atoms with Crippen LogP contribution < -0.4 is 10.6 Å². The average Bonchev–Trinajstić information content (AvgIpc) is 2.55. The molecule has 0 aromatic carbocycles. The van der Waals surface area contributed by atoms with Gasteiger partial charge in [0.25, 0.3) is 0 Å². The number of fused-ring (bicyclic) bond motifs is 2. The number of hydrogen-bond acceptors (Lipinski definition) is 2. The highest BCUT2D eigenvalue weighted by atomic mass is 16.2. The molecule has 0 saturated heterocycles. The monoisotopic (exact) mass is 238 g/mol. The predicted molar refractivity (Wildman–Crippen MR) is 65.3 cm³/mol. The molecule has 0 spiro atoms. The molecule has 2 aliphatic carbocycles. The predicted octanol–water partition coefficient (Wildman–Crippen LogP) is 1.21. The second-order valence-electron chi connectivity index (χ2n) is 5.82. The van der Waals surface area contributed by atoms with Crippen LogP contribution in [0.5, 0.6) is 0 Å². The molecule has 0 aromatic rings. The molecule has 2 aliphatic rings. The highest BCUT2D eigenvalue weighted by molar-refractivity contribution is 5.75. The fourth-order valence-corrected chi connectivity index (χ4v) is 3.70. The number of rotatable bonds is 3. The van der Waals surface area contributed by atoms with Crippen LogP contribution >= 0.6 is 0 Å². The van der Waals surface area contributed by atoms with Crippen molar-refractivity contribution in [2.45, 2.75) is 51.5 Å². The van der Waals surface area contributed by atoms with Crippen LogP contribution in [0.15, 0.2) is 0 Å². The van der Waals surface area contributed by atoms with Crippen molar-refractivity contribution in [3.05, 3.63) is 0 Å². The van der Waals surface area contributed by atoms with Gasteiger partial charge in [-0.25, -0.2) is 0 Å². The van der Waals surface area contributed by atoms with E-state index in [1.165, 1.54) is 26.2 Å². The van der Waals surface area contributed by atoms with Gasteiger partial charge in [0.15, 0.2) is 0 Å². The van der Waals surface area contributed by atoms with Gasteiger partial charge in [0.1, 0.15) is 0 Å². The summed E-state index contributed by atoms with van der Waals surface area (Å²) in [6.07, 6.45) is 5.91. The van der Waals surface area contributed by atoms with E-state index < -0.39 is 0 Å². The molecule has 17 heavy (non-hydrogen) atoms. The van der Waals surface area contributed by atoms with E-state index in [4.69, 9.17) is 0 Å². The zero-order chi connectivity index (χ0) is 12.5. The third-order valence-electron chi connectivity index (χ3n) is 4.13. The lowest BCUT2D eigenvalue weighted by Gasteiger charge is -2.41. The summed E-state index contributed by atoms with van der Waals surface area (Å²) in [4.78, 5) is 22.4. The second kappa shape index (κ2) is 4.67. The summed E-state index contributed by atoms with van der Waals surface area (Å²) in [5.74, 6) is 1.45. The van der Waals surface area contributed by atoms with Gasteiger partial charge in [-0.3, -0.25) is 9.59 Å². The van der Waals surface area contributed by atoms with E-state index in [0.717, 1.165) is 24.7 Å².